The molecule has 1 aromatic rings. The standard InChI is InChI=1S/C10H9ClF2O2S/c1-5(14)9(11)7-4-6(16)2-3-8(7)15-10(12)13/h2-4,9-10,16H,1H3. The molecule has 0 bridgehead atoms. The van der Waals surface area contributed by atoms with Gasteiger partial charge >= 0.3 is 6.61 Å². The number of Topliss-reactive ketones (excluding diaryl/α,β-unsaturated/α-hetero) is 1. The maximum Gasteiger partial charge on any atom is 0.387 e. The average Bonchev–Trinajstić information content (AvgIpc) is 2.18. The van der Waals surface area contributed by atoms with Gasteiger partial charge in [-0.25, -0.2) is 0 Å². The van der Waals surface area contributed by atoms with Gasteiger partial charge in [-0.15, -0.1) is 24.2 Å². The van der Waals surface area contributed by atoms with Crippen molar-refractivity contribution in [2.45, 2.75) is 23.8 Å². The van der Waals surface area contributed by atoms with Gasteiger partial charge in [0.25, 0.3) is 0 Å². The Bertz CT molecular complexity index is 398. The van der Waals surface area contributed by atoms with Gasteiger partial charge in [0.2, 0.25) is 0 Å². The second-order valence-corrected chi connectivity index (χ2v) is 4.03. The summed E-state index contributed by atoms with van der Waals surface area (Å²) in [7, 11) is 0. The molecule has 0 aromatic heterocycles. The lowest BCUT2D eigenvalue weighted by atomic mass is 10.1. The number of halogens is 3. The lowest BCUT2D eigenvalue weighted by Crippen LogP contribution is -2.08. The molecule has 0 N–H and O–H groups in total. The average molecular weight is 267 g/mol. The quantitative estimate of drug-likeness (QED) is 0.667. The van der Waals surface area contributed by atoms with E-state index in [1.54, 1.807) is 0 Å². The van der Waals surface area contributed by atoms with E-state index in [0.717, 1.165) is 0 Å². The molecule has 0 fully saturated rings. The minimum Gasteiger partial charge on any atom is -0.434 e. The largest absolute Gasteiger partial charge is 0.434 e. The molecule has 6 heteroatoms. The van der Waals surface area contributed by atoms with Crippen LogP contribution in [0.15, 0.2) is 23.1 Å². The van der Waals surface area contributed by atoms with Crippen molar-refractivity contribution in [3.63, 3.8) is 0 Å². The molecule has 0 radical (unpaired) electrons. The zero-order valence-corrected chi connectivity index (χ0v) is 9.93. The SMILES string of the molecule is CC(=O)C(Cl)c1cc(S)ccc1OC(F)F. The van der Waals surface area contributed by atoms with Crippen LogP contribution in [-0.4, -0.2) is 12.4 Å². The van der Waals surface area contributed by atoms with E-state index in [1.165, 1.54) is 25.1 Å². The molecule has 1 aromatic carbocycles. The summed E-state index contributed by atoms with van der Waals surface area (Å²) < 4.78 is 28.5. The first kappa shape index (κ1) is 13.3. The van der Waals surface area contributed by atoms with Gasteiger partial charge < -0.3 is 4.74 Å². The van der Waals surface area contributed by atoms with Gasteiger partial charge in [-0.2, -0.15) is 8.78 Å². The Labute approximate surface area is 102 Å². The van der Waals surface area contributed by atoms with Gasteiger partial charge in [-0.3, -0.25) is 4.79 Å². The summed E-state index contributed by atoms with van der Waals surface area (Å²) in [4.78, 5) is 11.6. The van der Waals surface area contributed by atoms with E-state index in [0.29, 0.717) is 4.90 Å². The van der Waals surface area contributed by atoms with Crippen molar-refractivity contribution in [2.24, 2.45) is 0 Å². The molecule has 0 spiro atoms. The molecule has 0 saturated carbocycles. The lowest BCUT2D eigenvalue weighted by Gasteiger charge is -2.13. The molecule has 0 aliphatic carbocycles. The van der Waals surface area contributed by atoms with Crippen LogP contribution in [0.25, 0.3) is 0 Å². The molecule has 1 rings (SSSR count). The van der Waals surface area contributed by atoms with Gasteiger partial charge in [-0.1, -0.05) is 0 Å². The maximum absolute atomic E-state index is 12.1. The second kappa shape index (κ2) is 5.50. The molecule has 0 aliphatic heterocycles. The fraction of sp³-hybridized carbons (Fsp3) is 0.300. The van der Waals surface area contributed by atoms with Crippen LogP contribution in [0.5, 0.6) is 5.75 Å². The number of hydrogen-bond acceptors (Lipinski definition) is 3. The highest BCUT2D eigenvalue weighted by atomic mass is 35.5. The fourth-order valence-electron chi connectivity index (χ4n) is 1.16. The molecule has 16 heavy (non-hydrogen) atoms. The fourth-order valence-corrected chi connectivity index (χ4v) is 1.54. The number of ketones is 1. The summed E-state index contributed by atoms with van der Waals surface area (Å²) in [5.74, 6) is -0.456. The Morgan fingerprint density at radius 1 is 1.50 bits per heavy atom. The van der Waals surface area contributed by atoms with Crippen LogP contribution >= 0.6 is 24.2 Å². The van der Waals surface area contributed by atoms with Crippen LogP contribution in [0.3, 0.4) is 0 Å². The van der Waals surface area contributed by atoms with Crippen LogP contribution in [-0.2, 0) is 4.79 Å². The van der Waals surface area contributed by atoms with Gasteiger partial charge in [0.1, 0.15) is 11.1 Å². The van der Waals surface area contributed by atoms with E-state index in [2.05, 4.69) is 17.4 Å². The van der Waals surface area contributed by atoms with Crippen molar-refractivity contribution < 1.29 is 18.3 Å². The zero-order valence-electron chi connectivity index (χ0n) is 8.28. The molecule has 0 heterocycles. The number of alkyl halides is 3. The van der Waals surface area contributed by atoms with Crippen molar-refractivity contribution in [3.05, 3.63) is 23.8 Å². The molecule has 0 saturated heterocycles. The van der Waals surface area contributed by atoms with Gasteiger partial charge in [0.05, 0.1) is 0 Å². The van der Waals surface area contributed by atoms with Crippen molar-refractivity contribution in [3.8, 4) is 5.75 Å². The maximum atomic E-state index is 12.1. The minimum atomic E-state index is -2.96. The number of hydrogen-bond donors (Lipinski definition) is 1. The summed E-state index contributed by atoms with van der Waals surface area (Å²) in [6.07, 6.45) is 0. The third-order valence-electron chi connectivity index (χ3n) is 1.84. The third kappa shape index (κ3) is 3.35. The first-order chi connectivity index (χ1) is 7.41. The summed E-state index contributed by atoms with van der Waals surface area (Å²) in [5.41, 5.74) is 0.196. The zero-order chi connectivity index (χ0) is 12.3. The highest BCUT2D eigenvalue weighted by Crippen LogP contribution is 2.33. The molecule has 0 aliphatic rings. The van der Waals surface area contributed by atoms with Gasteiger partial charge in [0, 0.05) is 10.5 Å². The Hall–Kier alpha value is -0.810. The summed E-state index contributed by atoms with van der Waals surface area (Å²) in [5, 5.41) is -1.01. The van der Waals surface area contributed by atoms with Crippen LogP contribution in [0.2, 0.25) is 0 Å². The van der Waals surface area contributed by atoms with E-state index in [9.17, 15) is 13.6 Å². The molecule has 2 nitrogen and oxygen atoms in total. The molecule has 88 valence electrons. The molecule has 0 amide bonds. The highest BCUT2D eigenvalue weighted by molar-refractivity contribution is 7.80. The number of ether oxygens (including phenoxy) is 1. The van der Waals surface area contributed by atoms with Crippen molar-refractivity contribution in [1.82, 2.24) is 0 Å². The topological polar surface area (TPSA) is 26.3 Å². The Morgan fingerprint density at radius 2 is 2.12 bits per heavy atom. The summed E-state index contributed by atoms with van der Waals surface area (Å²) >= 11 is 9.84. The van der Waals surface area contributed by atoms with Crippen LogP contribution in [0.1, 0.15) is 17.9 Å². The van der Waals surface area contributed by atoms with Gasteiger partial charge in [0.15, 0.2) is 5.78 Å². The molecular formula is C10H9ClF2O2S. The van der Waals surface area contributed by atoms with E-state index in [1.807, 2.05) is 0 Å². The number of rotatable bonds is 4. The first-order valence-corrected chi connectivity index (χ1v) is 5.22. The van der Waals surface area contributed by atoms with Crippen LogP contribution < -0.4 is 4.74 Å². The summed E-state index contributed by atoms with van der Waals surface area (Å²) in [6, 6.07) is 4.22. The molecule has 1 unspecified atom stereocenters. The van der Waals surface area contributed by atoms with Crippen LogP contribution in [0.4, 0.5) is 8.78 Å². The number of benzene rings is 1. The predicted molar refractivity (Wildman–Crippen MR) is 59.6 cm³/mol. The third-order valence-corrected chi connectivity index (χ3v) is 2.66. The monoisotopic (exact) mass is 266 g/mol. The van der Waals surface area contributed by atoms with Crippen molar-refractivity contribution >= 4 is 30.0 Å². The van der Waals surface area contributed by atoms with E-state index in [4.69, 9.17) is 11.6 Å². The van der Waals surface area contributed by atoms with Gasteiger partial charge in [-0.05, 0) is 25.1 Å². The Kier molecular flexibility index (Phi) is 4.56. The second-order valence-electron chi connectivity index (χ2n) is 3.07. The highest BCUT2D eigenvalue weighted by Gasteiger charge is 2.20. The van der Waals surface area contributed by atoms with E-state index >= 15 is 0 Å². The minimum absolute atomic E-state index is 0.108. The normalized spacial score (nSPS) is 12.6. The van der Waals surface area contributed by atoms with Crippen molar-refractivity contribution in [2.75, 3.05) is 0 Å². The van der Waals surface area contributed by atoms with E-state index < -0.39 is 12.0 Å². The van der Waals surface area contributed by atoms with Crippen molar-refractivity contribution in [1.29, 1.82) is 0 Å². The Balaban J connectivity index is 3.12. The lowest BCUT2D eigenvalue weighted by molar-refractivity contribution is -0.116. The number of thiol groups is 1. The Morgan fingerprint density at radius 3 is 2.62 bits per heavy atom. The first-order valence-electron chi connectivity index (χ1n) is 4.34. The van der Waals surface area contributed by atoms with Crippen LogP contribution in [0, 0.1) is 0 Å². The molecule has 1 atom stereocenters. The number of carbonyl (C=O) groups excluding carboxylic acids is 1. The smallest absolute Gasteiger partial charge is 0.387 e. The van der Waals surface area contributed by atoms with E-state index in [-0.39, 0.29) is 17.1 Å². The summed E-state index contributed by atoms with van der Waals surface area (Å²) in [6.45, 7) is -1.69. The predicted octanol–water partition coefficient (Wildman–Crippen LogP) is 3.45. The molecular weight excluding hydrogens is 258 g/mol. The number of carbonyl (C=O) groups is 1.